The summed E-state index contributed by atoms with van der Waals surface area (Å²) < 4.78 is 2.40. The minimum Gasteiger partial charge on any atom is -0.311 e. The standard InChI is InChI=1S/C99H65BN6/c1-9-29-66(30-10-1)75-49-52-87-92(62-75)104(82-57-77(68-33-13-3-14-34-68)55-78(58-82)69-35-15-4-16-36-69)94-64-81(65-95-96(94)100(87)88-53-50-76(67-31-11-2-12-32-67)63-93(88)105(95)83-59-79(70-37-17-5-18-38-70)56-80(60-83)71-39-19-6-20-40-71)74-51-54-91-86(61-74)84-45-25-27-47-89(84)106(91)90-48-28-26-46-85(90)99-102-97(72-41-21-7-22-42-72)101-98(103-99)73-43-23-8-24-44-73/h1-65H. The van der Waals surface area contributed by atoms with Crippen molar-refractivity contribution in [3.63, 3.8) is 0 Å². The van der Waals surface area contributed by atoms with Gasteiger partial charge in [-0.25, -0.2) is 15.0 Å². The third-order valence-corrected chi connectivity index (χ3v) is 21.2. The molecule has 6 nitrogen and oxygen atoms in total. The molecule has 0 saturated heterocycles. The van der Waals surface area contributed by atoms with Crippen LogP contribution < -0.4 is 26.2 Å². The molecular formula is C99H65BN6. The van der Waals surface area contributed by atoms with Crippen molar-refractivity contribution in [3.8, 4) is 118 Å². The quantitative estimate of drug-likeness (QED) is 0.108. The summed E-state index contributed by atoms with van der Waals surface area (Å²) in [6, 6.07) is 144. The van der Waals surface area contributed by atoms with E-state index in [9.17, 15) is 0 Å². The zero-order valence-corrected chi connectivity index (χ0v) is 57.8. The van der Waals surface area contributed by atoms with E-state index in [0.717, 1.165) is 156 Å². The van der Waals surface area contributed by atoms with E-state index in [-0.39, 0.29) is 6.71 Å². The Morgan fingerprint density at radius 2 is 0.519 bits per heavy atom. The summed E-state index contributed by atoms with van der Waals surface area (Å²) in [5.74, 6) is 1.81. The van der Waals surface area contributed by atoms with Gasteiger partial charge in [0, 0.05) is 61.6 Å². The number of nitrogens with zero attached hydrogens (tertiary/aromatic N) is 6. The van der Waals surface area contributed by atoms with Crippen LogP contribution in [-0.4, -0.2) is 26.2 Å². The van der Waals surface area contributed by atoms with E-state index in [1.165, 1.54) is 16.4 Å². The van der Waals surface area contributed by atoms with Crippen molar-refractivity contribution in [2.45, 2.75) is 0 Å². The molecule has 0 atom stereocenters. The van der Waals surface area contributed by atoms with Crippen LogP contribution in [0.4, 0.5) is 34.1 Å². The highest BCUT2D eigenvalue weighted by atomic mass is 15.2. The molecule has 0 amide bonds. The van der Waals surface area contributed by atoms with E-state index in [2.05, 4.69) is 372 Å². The zero-order chi connectivity index (χ0) is 70.0. The fourth-order valence-electron chi connectivity index (χ4n) is 16.2. The van der Waals surface area contributed by atoms with Gasteiger partial charge in [0.15, 0.2) is 17.5 Å². The summed E-state index contributed by atoms with van der Waals surface area (Å²) >= 11 is 0. The molecule has 0 spiro atoms. The number of benzene rings is 16. The maximum atomic E-state index is 5.31. The van der Waals surface area contributed by atoms with Crippen LogP contribution in [-0.2, 0) is 0 Å². The molecule has 4 heterocycles. The van der Waals surface area contributed by atoms with Gasteiger partial charge in [-0.2, -0.15) is 0 Å². The van der Waals surface area contributed by atoms with Crippen LogP contribution in [0.1, 0.15) is 0 Å². The molecule has 0 N–H and O–H groups in total. The first-order valence-corrected chi connectivity index (χ1v) is 36.2. The van der Waals surface area contributed by atoms with Crippen molar-refractivity contribution >= 4 is 79.0 Å². The molecule has 0 fully saturated rings. The lowest BCUT2D eigenvalue weighted by Gasteiger charge is -2.45. The Labute approximate surface area is 616 Å². The third kappa shape index (κ3) is 11.0. The van der Waals surface area contributed by atoms with Crippen molar-refractivity contribution in [2.24, 2.45) is 0 Å². The second-order valence-corrected chi connectivity index (χ2v) is 27.5. The Hall–Kier alpha value is -14.0. The molecule has 18 aromatic rings. The van der Waals surface area contributed by atoms with E-state index in [0.29, 0.717) is 17.5 Å². The second-order valence-electron chi connectivity index (χ2n) is 27.5. The Kier molecular flexibility index (Phi) is 15.2. The lowest BCUT2D eigenvalue weighted by molar-refractivity contribution is 1.06. The number of rotatable bonds is 13. The average molecular weight is 1350 g/mol. The first-order valence-electron chi connectivity index (χ1n) is 36.2. The smallest absolute Gasteiger partial charge is 0.252 e. The Morgan fingerprint density at radius 1 is 0.198 bits per heavy atom. The summed E-state index contributed by atoms with van der Waals surface area (Å²) in [4.78, 5) is 20.9. The van der Waals surface area contributed by atoms with Crippen LogP contribution >= 0.6 is 0 Å². The van der Waals surface area contributed by atoms with Crippen LogP contribution in [0.2, 0.25) is 0 Å². The minimum absolute atomic E-state index is 0.194. The van der Waals surface area contributed by atoms with Crippen LogP contribution in [0.3, 0.4) is 0 Å². The zero-order valence-electron chi connectivity index (χ0n) is 57.8. The van der Waals surface area contributed by atoms with Crippen LogP contribution in [0.25, 0.3) is 140 Å². The van der Waals surface area contributed by atoms with Gasteiger partial charge in [0.05, 0.1) is 16.7 Å². The van der Waals surface area contributed by atoms with Crippen molar-refractivity contribution in [1.82, 2.24) is 19.5 Å². The SMILES string of the molecule is c1ccc(-c2cc(-c3ccccc3)cc(N3c4cc(-c5ccccc5)ccc4B4c5ccc(-c6ccccc6)cc5N(c5cc(-c6ccccc6)cc(-c6ccccc6)c5)c5cc(-c6ccc7c(c6)c6ccccc6n7-c6ccccc6-c6nc(-c7ccccc7)nc(-c7ccccc7)n6)cc3c54)c2)cc1. The number of anilines is 6. The highest BCUT2D eigenvalue weighted by molar-refractivity contribution is 7.00. The number of para-hydroxylation sites is 2. The van der Waals surface area contributed by atoms with E-state index >= 15 is 0 Å². The van der Waals surface area contributed by atoms with Gasteiger partial charge in [-0.05, 0) is 185 Å². The molecule has 2 aliphatic rings. The van der Waals surface area contributed by atoms with Gasteiger partial charge in [-0.3, -0.25) is 0 Å². The molecule has 106 heavy (non-hydrogen) atoms. The van der Waals surface area contributed by atoms with Crippen molar-refractivity contribution < 1.29 is 0 Å². The number of hydrogen-bond donors (Lipinski definition) is 0. The number of hydrogen-bond acceptors (Lipinski definition) is 5. The Balaban J connectivity index is 0.875. The molecule has 494 valence electrons. The highest BCUT2D eigenvalue weighted by Gasteiger charge is 2.44. The summed E-state index contributed by atoms with van der Waals surface area (Å²) in [6.07, 6.45) is 0. The fourth-order valence-corrected chi connectivity index (χ4v) is 16.2. The molecule has 0 saturated carbocycles. The molecule has 0 bridgehead atoms. The number of aromatic nitrogens is 4. The summed E-state index contributed by atoms with van der Waals surface area (Å²) in [5, 5.41) is 2.25. The predicted octanol–water partition coefficient (Wildman–Crippen LogP) is 23.7. The van der Waals surface area contributed by atoms with Crippen LogP contribution in [0.5, 0.6) is 0 Å². The van der Waals surface area contributed by atoms with E-state index < -0.39 is 0 Å². The molecule has 0 unspecified atom stereocenters. The minimum atomic E-state index is -0.194. The van der Waals surface area contributed by atoms with Gasteiger partial charge in [-0.15, -0.1) is 0 Å². The van der Waals surface area contributed by atoms with Gasteiger partial charge in [-0.1, -0.05) is 303 Å². The molecule has 7 heteroatoms. The van der Waals surface area contributed by atoms with E-state index in [1.807, 2.05) is 36.4 Å². The highest BCUT2D eigenvalue weighted by Crippen LogP contribution is 2.51. The molecule has 0 aliphatic carbocycles. The van der Waals surface area contributed by atoms with Crippen LogP contribution in [0, 0.1) is 0 Å². The van der Waals surface area contributed by atoms with Crippen molar-refractivity contribution in [2.75, 3.05) is 9.80 Å². The summed E-state index contributed by atoms with van der Waals surface area (Å²) in [7, 11) is 0. The van der Waals surface area contributed by atoms with Crippen molar-refractivity contribution in [3.05, 3.63) is 394 Å². The molecular weight excluding hydrogens is 1280 g/mol. The molecule has 16 aromatic carbocycles. The van der Waals surface area contributed by atoms with Gasteiger partial charge < -0.3 is 14.4 Å². The molecule has 0 radical (unpaired) electrons. The van der Waals surface area contributed by atoms with Gasteiger partial charge >= 0.3 is 0 Å². The van der Waals surface area contributed by atoms with Gasteiger partial charge in [0.1, 0.15) is 0 Å². The number of fused-ring (bicyclic) bond motifs is 7. The first kappa shape index (κ1) is 61.8. The fraction of sp³-hybridized carbons (Fsp3) is 0. The topological polar surface area (TPSA) is 50.1 Å². The monoisotopic (exact) mass is 1350 g/mol. The lowest BCUT2D eigenvalue weighted by Crippen LogP contribution is -2.61. The third-order valence-electron chi connectivity index (χ3n) is 21.2. The second kappa shape index (κ2) is 26.1. The van der Waals surface area contributed by atoms with E-state index in [4.69, 9.17) is 15.0 Å². The maximum absolute atomic E-state index is 5.31. The predicted molar refractivity (Wildman–Crippen MR) is 443 cm³/mol. The average Bonchev–Trinajstić information content (AvgIpc) is 0.767. The van der Waals surface area contributed by atoms with Crippen molar-refractivity contribution in [1.29, 1.82) is 0 Å². The lowest BCUT2D eigenvalue weighted by atomic mass is 9.33. The summed E-state index contributed by atoms with van der Waals surface area (Å²) in [5.41, 5.74) is 31.9. The Bertz CT molecular complexity index is 5960. The van der Waals surface area contributed by atoms with E-state index in [1.54, 1.807) is 0 Å². The van der Waals surface area contributed by atoms with Gasteiger partial charge in [0.2, 0.25) is 0 Å². The molecule has 2 aliphatic heterocycles. The Morgan fingerprint density at radius 3 is 0.953 bits per heavy atom. The summed E-state index contributed by atoms with van der Waals surface area (Å²) in [6.45, 7) is -0.194. The largest absolute Gasteiger partial charge is 0.311 e. The first-order chi connectivity index (χ1) is 52.5. The molecule has 2 aromatic heterocycles. The van der Waals surface area contributed by atoms with Gasteiger partial charge in [0.25, 0.3) is 6.71 Å². The van der Waals surface area contributed by atoms with Crippen LogP contribution in [0.15, 0.2) is 394 Å². The normalized spacial score (nSPS) is 12.1. The maximum Gasteiger partial charge on any atom is 0.252 e. The molecule has 20 rings (SSSR count).